The Morgan fingerprint density at radius 2 is 2.00 bits per heavy atom. The number of rotatable bonds is 1. The van der Waals surface area contributed by atoms with Gasteiger partial charge in [0.1, 0.15) is 24.7 Å². The quantitative estimate of drug-likeness (QED) is 0.806. The lowest BCUT2D eigenvalue weighted by atomic mass is 10.1. The van der Waals surface area contributed by atoms with Crippen molar-refractivity contribution in [2.24, 2.45) is 7.05 Å². The first-order chi connectivity index (χ1) is 8.25. The second kappa shape index (κ2) is 3.69. The molecule has 0 saturated heterocycles. The fraction of sp³-hybridized carbons (Fsp3) is 0.250. The third-order valence-electron chi connectivity index (χ3n) is 2.80. The number of aromatic nitrogens is 2. The molecule has 0 atom stereocenters. The van der Waals surface area contributed by atoms with Crippen molar-refractivity contribution in [2.45, 2.75) is 0 Å². The zero-order valence-electron chi connectivity index (χ0n) is 9.51. The van der Waals surface area contributed by atoms with Crippen LogP contribution in [0.25, 0.3) is 11.3 Å². The van der Waals surface area contributed by atoms with E-state index < -0.39 is 0 Å². The molecule has 0 radical (unpaired) electrons. The summed E-state index contributed by atoms with van der Waals surface area (Å²) in [5.41, 5.74) is 7.64. The molecule has 0 unspecified atom stereocenters. The van der Waals surface area contributed by atoms with Gasteiger partial charge in [-0.2, -0.15) is 0 Å². The lowest BCUT2D eigenvalue weighted by molar-refractivity contribution is 0.171. The highest BCUT2D eigenvalue weighted by atomic mass is 16.6. The molecule has 5 nitrogen and oxygen atoms in total. The van der Waals surface area contributed by atoms with E-state index in [4.69, 9.17) is 15.2 Å². The van der Waals surface area contributed by atoms with Gasteiger partial charge in [-0.15, -0.1) is 0 Å². The Hall–Kier alpha value is -2.17. The highest BCUT2D eigenvalue weighted by Gasteiger charge is 2.15. The number of aryl methyl sites for hydroxylation is 1. The highest BCUT2D eigenvalue weighted by Crippen LogP contribution is 2.35. The van der Waals surface area contributed by atoms with Crippen molar-refractivity contribution in [1.29, 1.82) is 0 Å². The predicted molar refractivity (Wildman–Crippen MR) is 64.0 cm³/mol. The molecule has 5 heteroatoms. The molecule has 0 spiro atoms. The summed E-state index contributed by atoms with van der Waals surface area (Å²) < 4.78 is 12.8. The van der Waals surface area contributed by atoms with Gasteiger partial charge in [-0.1, -0.05) is 0 Å². The van der Waals surface area contributed by atoms with Gasteiger partial charge >= 0.3 is 0 Å². The SMILES string of the molecule is Cn1cnc(-c2ccc3c(c2)OCCO3)c1N. The maximum Gasteiger partial charge on any atom is 0.162 e. The van der Waals surface area contributed by atoms with Gasteiger partial charge in [-0.05, 0) is 18.2 Å². The van der Waals surface area contributed by atoms with E-state index in [2.05, 4.69) is 4.98 Å². The van der Waals surface area contributed by atoms with Crippen molar-refractivity contribution >= 4 is 5.82 Å². The van der Waals surface area contributed by atoms with E-state index in [1.165, 1.54) is 0 Å². The molecule has 1 aliphatic rings. The van der Waals surface area contributed by atoms with Gasteiger partial charge in [0.2, 0.25) is 0 Å². The summed E-state index contributed by atoms with van der Waals surface area (Å²) in [6, 6.07) is 5.73. The summed E-state index contributed by atoms with van der Waals surface area (Å²) in [5, 5.41) is 0. The zero-order chi connectivity index (χ0) is 11.8. The summed E-state index contributed by atoms with van der Waals surface area (Å²) in [4.78, 5) is 4.28. The van der Waals surface area contributed by atoms with Crippen LogP contribution in [-0.4, -0.2) is 22.8 Å². The fourth-order valence-electron chi connectivity index (χ4n) is 1.85. The van der Waals surface area contributed by atoms with Crippen LogP contribution in [0.5, 0.6) is 11.5 Å². The number of hydrogen-bond donors (Lipinski definition) is 1. The van der Waals surface area contributed by atoms with Crippen LogP contribution in [0.2, 0.25) is 0 Å². The minimum Gasteiger partial charge on any atom is -0.486 e. The van der Waals surface area contributed by atoms with Crippen molar-refractivity contribution in [3.8, 4) is 22.8 Å². The Balaban J connectivity index is 2.07. The normalized spacial score (nSPS) is 13.7. The van der Waals surface area contributed by atoms with Crippen molar-refractivity contribution < 1.29 is 9.47 Å². The Morgan fingerprint density at radius 3 is 2.71 bits per heavy atom. The molecule has 2 N–H and O–H groups in total. The molecule has 2 heterocycles. The molecule has 3 rings (SSSR count). The van der Waals surface area contributed by atoms with Gasteiger partial charge in [0, 0.05) is 12.6 Å². The van der Waals surface area contributed by atoms with Crippen molar-refractivity contribution in [2.75, 3.05) is 18.9 Å². The molecule has 1 aromatic heterocycles. The number of fused-ring (bicyclic) bond motifs is 1. The maximum absolute atomic E-state index is 5.94. The van der Waals surface area contributed by atoms with E-state index in [-0.39, 0.29) is 0 Å². The smallest absolute Gasteiger partial charge is 0.162 e. The molecule has 0 fully saturated rings. The molecule has 2 aromatic rings. The molecule has 17 heavy (non-hydrogen) atoms. The predicted octanol–water partition coefficient (Wildman–Crippen LogP) is 1.44. The first-order valence-electron chi connectivity index (χ1n) is 5.42. The number of anilines is 1. The molecular weight excluding hydrogens is 218 g/mol. The highest BCUT2D eigenvalue weighted by molar-refractivity contribution is 5.72. The Morgan fingerprint density at radius 1 is 1.24 bits per heavy atom. The van der Waals surface area contributed by atoms with E-state index in [0.717, 1.165) is 22.8 Å². The van der Waals surface area contributed by atoms with Crippen LogP contribution in [0.15, 0.2) is 24.5 Å². The average molecular weight is 231 g/mol. The molecular formula is C12H13N3O2. The number of imidazole rings is 1. The molecule has 1 aromatic carbocycles. The number of hydrogen-bond acceptors (Lipinski definition) is 4. The number of benzene rings is 1. The maximum atomic E-state index is 5.94. The van der Waals surface area contributed by atoms with Gasteiger partial charge in [0.25, 0.3) is 0 Å². The number of ether oxygens (including phenoxy) is 2. The Bertz CT molecular complexity index is 563. The van der Waals surface area contributed by atoms with Crippen LogP contribution in [0.4, 0.5) is 5.82 Å². The van der Waals surface area contributed by atoms with Gasteiger partial charge < -0.3 is 19.8 Å². The molecule has 0 bridgehead atoms. The third-order valence-corrected chi connectivity index (χ3v) is 2.80. The van der Waals surface area contributed by atoms with Crippen LogP contribution in [0, 0.1) is 0 Å². The number of nitrogens with zero attached hydrogens (tertiary/aromatic N) is 2. The van der Waals surface area contributed by atoms with Gasteiger partial charge in [-0.3, -0.25) is 0 Å². The van der Waals surface area contributed by atoms with Crippen LogP contribution in [-0.2, 0) is 7.05 Å². The number of nitrogens with two attached hydrogens (primary N) is 1. The standard InChI is InChI=1S/C12H13N3O2/c1-15-7-14-11(12(15)13)8-2-3-9-10(6-8)17-5-4-16-9/h2-3,6-7H,4-5,13H2,1H3. The second-order valence-corrected chi connectivity index (χ2v) is 3.95. The van der Waals surface area contributed by atoms with Gasteiger partial charge in [-0.25, -0.2) is 4.98 Å². The minimum absolute atomic E-state index is 0.578. The zero-order valence-corrected chi connectivity index (χ0v) is 9.51. The summed E-state index contributed by atoms with van der Waals surface area (Å²) in [6.45, 7) is 1.17. The van der Waals surface area contributed by atoms with Crippen molar-refractivity contribution in [3.63, 3.8) is 0 Å². The van der Waals surface area contributed by atoms with E-state index in [0.29, 0.717) is 19.0 Å². The lowest BCUT2D eigenvalue weighted by Crippen LogP contribution is -2.15. The summed E-state index contributed by atoms with van der Waals surface area (Å²) in [7, 11) is 1.86. The monoisotopic (exact) mass is 231 g/mol. The van der Waals surface area contributed by atoms with E-state index in [9.17, 15) is 0 Å². The minimum atomic E-state index is 0.578. The average Bonchev–Trinajstić information content (AvgIpc) is 2.70. The first kappa shape index (κ1) is 10.0. The summed E-state index contributed by atoms with van der Waals surface area (Å²) in [6.07, 6.45) is 1.70. The van der Waals surface area contributed by atoms with Gasteiger partial charge in [0.15, 0.2) is 11.5 Å². The molecule has 88 valence electrons. The molecule has 0 amide bonds. The molecule has 1 aliphatic heterocycles. The van der Waals surface area contributed by atoms with E-state index in [1.807, 2.05) is 25.2 Å². The Labute approximate surface area is 98.8 Å². The van der Waals surface area contributed by atoms with E-state index in [1.54, 1.807) is 10.9 Å². The summed E-state index contributed by atoms with van der Waals surface area (Å²) >= 11 is 0. The van der Waals surface area contributed by atoms with Crippen molar-refractivity contribution in [3.05, 3.63) is 24.5 Å². The topological polar surface area (TPSA) is 62.3 Å². The third kappa shape index (κ3) is 1.60. The second-order valence-electron chi connectivity index (χ2n) is 3.95. The fourth-order valence-corrected chi connectivity index (χ4v) is 1.85. The van der Waals surface area contributed by atoms with Crippen molar-refractivity contribution in [1.82, 2.24) is 9.55 Å². The molecule has 0 saturated carbocycles. The molecule has 0 aliphatic carbocycles. The number of nitrogen functional groups attached to an aromatic ring is 1. The van der Waals surface area contributed by atoms with Crippen LogP contribution in [0.1, 0.15) is 0 Å². The van der Waals surface area contributed by atoms with Crippen LogP contribution in [0.3, 0.4) is 0 Å². The van der Waals surface area contributed by atoms with E-state index >= 15 is 0 Å². The Kier molecular flexibility index (Phi) is 2.18. The van der Waals surface area contributed by atoms with Crippen LogP contribution < -0.4 is 15.2 Å². The van der Waals surface area contributed by atoms with Gasteiger partial charge in [0.05, 0.1) is 6.33 Å². The van der Waals surface area contributed by atoms with Crippen LogP contribution >= 0.6 is 0 Å². The largest absolute Gasteiger partial charge is 0.486 e. The summed E-state index contributed by atoms with van der Waals surface area (Å²) in [5.74, 6) is 2.16. The lowest BCUT2D eigenvalue weighted by Gasteiger charge is -2.18. The first-order valence-corrected chi connectivity index (χ1v) is 5.42.